The monoisotopic (exact) mass is 382 g/mol. The first-order chi connectivity index (χ1) is 13.1. The van der Waals surface area contributed by atoms with Crippen molar-refractivity contribution in [3.8, 4) is 5.75 Å². The van der Waals surface area contributed by atoms with Crippen LogP contribution in [0, 0.1) is 6.92 Å². The second-order valence-electron chi connectivity index (χ2n) is 5.92. The molecule has 0 saturated heterocycles. The molecule has 0 radical (unpaired) electrons. The number of carbonyl (C=O) groups is 1. The fourth-order valence-electron chi connectivity index (χ4n) is 2.55. The molecule has 3 rings (SSSR count). The van der Waals surface area contributed by atoms with Gasteiger partial charge in [0.1, 0.15) is 16.8 Å². The normalized spacial score (nSPS) is 11.8. The van der Waals surface area contributed by atoms with Crippen molar-refractivity contribution in [2.75, 3.05) is 11.9 Å². The molecule has 140 valence electrons. The summed E-state index contributed by atoms with van der Waals surface area (Å²) in [7, 11) is 1.89. The fraction of sp³-hybridized carbons (Fsp3) is 0.250. The number of hydrogen-bond donors (Lipinski definition) is 1. The van der Waals surface area contributed by atoms with Crippen LogP contribution in [0.3, 0.4) is 0 Å². The lowest BCUT2D eigenvalue weighted by Crippen LogP contribution is -2.20. The van der Waals surface area contributed by atoms with Crippen LogP contribution >= 0.6 is 11.8 Å². The molecule has 27 heavy (non-hydrogen) atoms. The van der Waals surface area contributed by atoms with Crippen LogP contribution in [0.4, 0.5) is 5.69 Å². The largest absolute Gasteiger partial charge is 0.492 e. The van der Waals surface area contributed by atoms with Crippen molar-refractivity contribution in [1.29, 1.82) is 0 Å². The first-order valence-corrected chi connectivity index (χ1v) is 9.58. The highest BCUT2D eigenvalue weighted by atomic mass is 32.2. The molecule has 1 aromatic heterocycles. The van der Waals surface area contributed by atoms with E-state index in [1.54, 1.807) is 0 Å². The van der Waals surface area contributed by atoms with E-state index in [2.05, 4.69) is 15.5 Å². The second kappa shape index (κ2) is 8.73. The zero-order valence-corrected chi connectivity index (χ0v) is 16.4. The number of aromatic nitrogens is 3. The summed E-state index contributed by atoms with van der Waals surface area (Å²) < 4.78 is 7.49. The number of para-hydroxylation sites is 2. The number of nitrogens with one attached hydrogen (secondary N) is 1. The van der Waals surface area contributed by atoms with E-state index in [0.29, 0.717) is 23.2 Å². The highest BCUT2D eigenvalue weighted by Crippen LogP contribution is 2.36. The number of rotatable bonds is 7. The molecule has 7 heteroatoms. The number of thioether (sulfide) groups is 1. The first kappa shape index (κ1) is 19.0. The summed E-state index contributed by atoms with van der Waals surface area (Å²) in [6, 6.07) is 17.1. The number of carbonyl (C=O) groups excluding carboxylic acids is 1. The summed E-state index contributed by atoms with van der Waals surface area (Å²) in [6.45, 7) is 4.33. The molecule has 0 bridgehead atoms. The molecule has 1 N–H and O–H groups in total. The second-order valence-corrected chi connectivity index (χ2v) is 6.99. The minimum Gasteiger partial charge on any atom is -0.492 e. The molecule has 1 heterocycles. The van der Waals surface area contributed by atoms with Gasteiger partial charge in [-0.3, -0.25) is 4.79 Å². The van der Waals surface area contributed by atoms with E-state index in [1.807, 2.05) is 80.1 Å². The van der Waals surface area contributed by atoms with E-state index in [4.69, 9.17) is 4.74 Å². The van der Waals surface area contributed by atoms with Gasteiger partial charge in [0.15, 0.2) is 5.16 Å². The molecule has 0 aliphatic carbocycles. The lowest BCUT2D eigenvalue weighted by Gasteiger charge is -2.18. The molecule has 2 aromatic carbocycles. The molecule has 0 aliphatic heterocycles. The summed E-state index contributed by atoms with van der Waals surface area (Å²) >= 11 is 1.37. The summed E-state index contributed by atoms with van der Waals surface area (Å²) in [6.07, 6.45) is 0. The molecule has 0 spiro atoms. The van der Waals surface area contributed by atoms with Gasteiger partial charge in [0.05, 0.1) is 12.3 Å². The maximum absolute atomic E-state index is 13.1. The summed E-state index contributed by atoms with van der Waals surface area (Å²) in [5, 5.41) is 11.5. The number of aryl methyl sites for hydroxylation is 1. The van der Waals surface area contributed by atoms with Crippen LogP contribution in [-0.2, 0) is 11.8 Å². The van der Waals surface area contributed by atoms with Gasteiger partial charge in [0.2, 0.25) is 5.91 Å². The zero-order valence-electron chi connectivity index (χ0n) is 15.5. The van der Waals surface area contributed by atoms with Crippen LogP contribution in [-0.4, -0.2) is 27.3 Å². The Hall–Kier alpha value is -2.80. The van der Waals surface area contributed by atoms with E-state index in [9.17, 15) is 4.79 Å². The first-order valence-electron chi connectivity index (χ1n) is 8.70. The van der Waals surface area contributed by atoms with Crippen LogP contribution in [0.15, 0.2) is 59.8 Å². The Morgan fingerprint density at radius 3 is 2.52 bits per heavy atom. The molecular formula is C20H22N4O2S. The van der Waals surface area contributed by atoms with Gasteiger partial charge in [-0.2, -0.15) is 0 Å². The van der Waals surface area contributed by atoms with Crippen LogP contribution < -0.4 is 10.1 Å². The number of amides is 1. The van der Waals surface area contributed by atoms with E-state index in [0.717, 1.165) is 11.4 Å². The predicted octanol–water partition coefficient (Wildman–Crippen LogP) is 3.99. The van der Waals surface area contributed by atoms with Gasteiger partial charge in [-0.25, -0.2) is 0 Å². The molecule has 6 nitrogen and oxygen atoms in total. The smallest absolute Gasteiger partial charge is 0.242 e. The number of anilines is 1. The average molecular weight is 382 g/mol. The molecule has 3 aromatic rings. The molecule has 0 aliphatic rings. The van der Waals surface area contributed by atoms with E-state index >= 15 is 0 Å². The van der Waals surface area contributed by atoms with E-state index in [-0.39, 0.29) is 5.91 Å². The lowest BCUT2D eigenvalue weighted by molar-refractivity contribution is -0.115. The number of benzene rings is 2. The van der Waals surface area contributed by atoms with Crippen molar-refractivity contribution in [2.45, 2.75) is 24.3 Å². The Kier molecular flexibility index (Phi) is 6.13. The fourth-order valence-corrected chi connectivity index (χ4v) is 3.59. The summed E-state index contributed by atoms with van der Waals surface area (Å²) in [5.41, 5.74) is 1.55. The maximum Gasteiger partial charge on any atom is 0.242 e. The highest BCUT2D eigenvalue weighted by molar-refractivity contribution is 8.00. The zero-order chi connectivity index (χ0) is 19.2. The van der Waals surface area contributed by atoms with Crippen LogP contribution in [0.25, 0.3) is 0 Å². The standard InChI is InChI=1S/C20H22N4O2S/c1-4-26-17-13-9-8-12-16(17)21-19(25)18(15-10-6-5-7-11-15)27-20-23-22-14(2)24(20)3/h5-13,18H,4H2,1-3H3,(H,21,25)/t18-/m1/s1. The van der Waals surface area contributed by atoms with Crippen molar-refractivity contribution >= 4 is 23.4 Å². The third-order valence-corrected chi connectivity index (χ3v) is 5.35. The van der Waals surface area contributed by atoms with Crippen LogP contribution in [0.2, 0.25) is 0 Å². The van der Waals surface area contributed by atoms with Gasteiger partial charge >= 0.3 is 0 Å². The highest BCUT2D eigenvalue weighted by Gasteiger charge is 2.25. The SMILES string of the molecule is CCOc1ccccc1NC(=O)[C@H](Sc1nnc(C)n1C)c1ccccc1. The quantitative estimate of drug-likeness (QED) is 0.626. The Morgan fingerprint density at radius 2 is 1.85 bits per heavy atom. The Morgan fingerprint density at radius 1 is 1.15 bits per heavy atom. The number of hydrogen-bond acceptors (Lipinski definition) is 5. The molecule has 0 fully saturated rings. The van der Waals surface area contributed by atoms with Crippen LogP contribution in [0.1, 0.15) is 23.6 Å². The third kappa shape index (κ3) is 4.49. The lowest BCUT2D eigenvalue weighted by atomic mass is 10.1. The predicted molar refractivity (Wildman–Crippen MR) is 107 cm³/mol. The molecule has 1 amide bonds. The van der Waals surface area contributed by atoms with Gasteiger partial charge in [0.25, 0.3) is 0 Å². The summed E-state index contributed by atoms with van der Waals surface area (Å²) in [5.74, 6) is 1.31. The van der Waals surface area contributed by atoms with Crippen molar-refractivity contribution < 1.29 is 9.53 Å². The van der Waals surface area contributed by atoms with Crippen molar-refractivity contribution in [3.05, 3.63) is 66.0 Å². The van der Waals surface area contributed by atoms with Gasteiger partial charge in [-0.1, -0.05) is 54.2 Å². The van der Waals surface area contributed by atoms with E-state index in [1.165, 1.54) is 11.8 Å². The third-order valence-electron chi connectivity index (χ3n) is 4.06. The molecule has 0 unspecified atom stereocenters. The molecular weight excluding hydrogens is 360 g/mol. The van der Waals surface area contributed by atoms with Gasteiger partial charge in [0, 0.05) is 7.05 Å². The maximum atomic E-state index is 13.1. The van der Waals surface area contributed by atoms with Crippen molar-refractivity contribution in [3.63, 3.8) is 0 Å². The summed E-state index contributed by atoms with van der Waals surface area (Å²) in [4.78, 5) is 13.1. The van der Waals surface area contributed by atoms with Gasteiger partial charge < -0.3 is 14.6 Å². The number of ether oxygens (including phenoxy) is 1. The van der Waals surface area contributed by atoms with Crippen LogP contribution in [0.5, 0.6) is 5.75 Å². The topological polar surface area (TPSA) is 69.0 Å². The van der Waals surface area contributed by atoms with Crippen molar-refractivity contribution in [2.24, 2.45) is 7.05 Å². The molecule has 0 saturated carbocycles. The van der Waals surface area contributed by atoms with Gasteiger partial charge in [-0.15, -0.1) is 10.2 Å². The average Bonchev–Trinajstić information content (AvgIpc) is 3.00. The van der Waals surface area contributed by atoms with Crippen molar-refractivity contribution in [1.82, 2.24) is 14.8 Å². The minimum absolute atomic E-state index is 0.140. The Bertz CT molecular complexity index is 911. The van der Waals surface area contributed by atoms with E-state index < -0.39 is 5.25 Å². The Labute approximate surface area is 163 Å². The minimum atomic E-state index is -0.469. The molecule has 1 atom stereocenters. The Balaban J connectivity index is 1.89. The number of nitrogens with zero attached hydrogens (tertiary/aromatic N) is 3. The van der Waals surface area contributed by atoms with Gasteiger partial charge in [-0.05, 0) is 31.5 Å².